The van der Waals surface area contributed by atoms with Gasteiger partial charge in [0.15, 0.2) is 0 Å². The fourth-order valence-corrected chi connectivity index (χ4v) is 2.65. The molecule has 104 valence electrons. The third-order valence-electron chi connectivity index (χ3n) is 3.73. The molecule has 0 radical (unpaired) electrons. The Hall–Kier alpha value is -0.870. The number of benzene rings is 1. The molecule has 1 aliphatic rings. The van der Waals surface area contributed by atoms with E-state index in [-0.39, 0.29) is 17.9 Å². The number of carbonyl (C=O) groups is 1. The van der Waals surface area contributed by atoms with Crippen LogP contribution in [0.4, 0.5) is 0 Å². The number of aliphatic hydroxyl groups excluding tert-OH is 1. The molecule has 1 aromatic rings. The maximum absolute atomic E-state index is 11.8. The van der Waals surface area contributed by atoms with E-state index in [9.17, 15) is 9.90 Å². The quantitative estimate of drug-likeness (QED) is 0.874. The molecule has 2 N–H and O–H groups in total. The van der Waals surface area contributed by atoms with Crippen LogP contribution in [0.5, 0.6) is 0 Å². The molecule has 0 bridgehead atoms. The summed E-state index contributed by atoms with van der Waals surface area (Å²) < 4.78 is 1.05. The largest absolute Gasteiger partial charge is 0.393 e. The first-order valence-electron chi connectivity index (χ1n) is 6.75. The lowest BCUT2D eigenvalue weighted by atomic mass is 9.82. The van der Waals surface area contributed by atoms with Crippen LogP contribution in [0.3, 0.4) is 0 Å². The summed E-state index contributed by atoms with van der Waals surface area (Å²) in [5.74, 6) is 0.777. The third-order valence-corrected chi connectivity index (χ3v) is 4.26. The molecule has 19 heavy (non-hydrogen) atoms. The van der Waals surface area contributed by atoms with Crippen molar-refractivity contribution in [2.45, 2.75) is 38.2 Å². The van der Waals surface area contributed by atoms with E-state index in [4.69, 9.17) is 0 Å². The van der Waals surface area contributed by atoms with Crippen LogP contribution in [0.1, 0.15) is 37.7 Å². The van der Waals surface area contributed by atoms with Crippen LogP contribution in [0.15, 0.2) is 28.7 Å². The van der Waals surface area contributed by atoms with Crippen molar-refractivity contribution in [3.05, 3.63) is 34.3 Å². The molecular weight excluding hydrogens is 306 g/mol. The Labute approximate surface area is 122 Å². The van der Waals surface area contributed by atoms with Crippen LogP contribution < -0.4 is 5.32 Å². The van der Waals surface area contributed by atoms with Crippen LogP contribution in [0.2, 0.25) is 0 Å². The first-order valence-corrected chi connectivity index (χ1v) is 7.54. The van der Waals surface area contributed by atoms with Crippen molar-refractivity contribution in [1.82, 2.24) is 5.32 Å². The average molecular weight is 326 g/mol. The van der Waals surface area contributed by atoms with E-state index in [1.807, 2.05) is 24.3 Å². The van der Waals surface area contributed by atoms with E-state index in [0.717, 1.165) is 17.3 Å². The second kappa shape index (κ2) is 6.53. The van der Waals surface area contributed by atoms with Gasteiger partial charge in [-0.15, -0.1) is 0 Å². The van der Waals surface area contributed by atoms with Gasteiger partial charge in [-0.25, -0.2) is 0 Å². The molecule has 1 amide bonds. The lowest BCUT2D eigenvalue weighted by Crippen LogP contribution is -2.38. The molecule has 2 rings (SSSR count). The molecule has 1 unspecified atom stereocenters. The Balaban J connectivity index is 1.73. The zero-order valence-corrected chi connectivity index (χ0v) is 12.7. The van der Waals surface area contributed by atoms with E-state index in [2.05, 4.69) is 28.2 Å². The van der Waals surface area contributed by atoms with Crippen molar-refractivity contribution in [3.8, 4) is 0 Å². The molecule has 1 atom stereocenters. The summed E-state index contributed by atoms with van der Waals surface area (Å²) in [4.78, 5) is 11.8. The van der Waals surface area contributed by atoms with Gasteiger partial charge in [0, 0.05) is 17.4 Å². The van der Waals surface area contributed by atoms with Gasteiger partial charge in [0.25, 0.3) is 0 Å². The summed E-state index contributed by atoms with van der Waals surface area (Å²) >= 11 is 3.41. The minimum absolute atomic E-state index is 0.0943. The molecule has 4 heteroatoms. The monoisotopic (exact) mass is 325 g/mol. The first kappa shape index (κ1) is 14.5. The van der Waals surface area contributed by atoms with Gasteiger partial charge in [-0.05, 0) is 42.4 Å². The molecule has 0 aromatic heterocycles. The maximum Gasteiger partial charge on any atom is 0.220 e. The number of hydrogen-bond donors (Lipinski definition) is 2. The lowest BCUT2D eigenvalue weighted by Gasteiger charge is -2.31. The van der Waals surface area contributed by atoms with Gasteiger partial charge in [-0.3, -0.25) is 4.79 Å². The van der Waals surface area contributed by atoms with Crippen molar-refractivity contribution in [1.29, 1.82) is 0 Å². The Morgan fingerprint density at radius 1 is 1.42 bits per heavy atom. The Kier molecular flexibility index (Phi) is 4.99. The number of halogens is 1. The fraction of sp³-hybridized carbons (Fsp3) is 0.533. The number of hydrogen-bond acceptors (Lipinski definition) is 2. The number of carbonyl (C=O) groups excluding carboxylic acids is 1. The SMILES string of the molecule is CC(CC(=O)NCC1CC(O)C1)c1ccc(Br)cc1. The number of amides is 1. The summed E-state index contributed by atoms with van der Waals surface area (Å²) in [7, 11) is 0. The summed E-state index contributed by atoms with van der Waals surface area (Å²) in [5.41, 5.74) is 1.18. The highest BCUT2D eigenvalue weighted by Gasteiger charge is 2.27. The summed E-state index contributed by atoms with van der Waals surface area (Å²) in [5, 5.41) is 12.1. The van der Waals surface area contributed by atoms with E-state index < -0.39 is 0 Å². The van der Waals surface area contributed by atoms with Crippen molar-refractivity contribution < 1.29 is 9.90 Å². The van der Waals surface area contributed by atoms with Gasteiger partial charge < -0.3 is 10.4 Å². The highest BCUT2D eigenvalue weighted by molar-refractivity contribution is 9.10. The summed E-state index contributed by atoms with van der Waals surface area (Å²) in [6.45, 7) is 2.76. The number of nitrogens with one attached hydrogen (secondary N) is 1. The predicted molar refractivity (Wildman–Crippen MR) is 78.9 cm³/mol. The molecule has 0 saturated heterocycles. The fourth-order valence-electron chi connectivity index (χ4n) is 2.38. The normalized spacial score (nSPS) is 23.5. The van der Waals surface area contributed by atoms with Crippen LogP contribution in [-0.4, -0.2) is 23.7 Å². The highest BCUT2D eigenvalue weighted by Crippen LogP contribution is 2.26. The molecule has 0 spiro atoms. The zero-order valence-electron chi connectivity index (χ0n) is 11.1. The van der Waals surface area contributed by atoms with Crippen molar-refractivity contribution in [3.63, 3.8) is 0 Å². The predicted octanol–water partition coefficient (Wildman–Crippen LogP) is 2.83. The van der Waals surface area contributed by atoms with E-state index in [1.54, 1.807) is 0 Å². The van der Waals surface area contributed by atoms with Crippen LogP contribution in [0, 0.1) is 5.92 Å². The van der Waals surface area contributed by atoms with E-state index >= 15 is 0 Å². The molecule has 0 heterocycles. The van der Waals surface area contributed by atoms with Gasteiger partial charge >= 0.3 is 0 Å². The van der Waals surface area contributed by atoms with Crippen LogP contribution in [-0.2, 0) is 4.79 Å². The van der Waals surface area contributed by atoms with Crippen molar-refractivity contribution in [2.75, 3.05) is 6.54 Å². The van der Waals surface area contributed by atoms with Gasteiger partial charge in [0.05, 0.1) is 6.10 Å². The van der Waals surface area contributed by atoms with E-state index in [0.29, 0.717) is 18.9 Å². The Bertz CT molecular complexity index is 426. The van der Waals surface area contributed by atoms with E-state index in [1.165, 1.54) is 5.56 Å². The molecule has 3 nitrogen and oxygen atoms in total. The lowest BCUT2D eigenvalue weighted by molar-refractivity contribution is -0.122. The molecular formula is C15H20BrNO2. The molecule has 0 aliphatic heterocycles. The van der Waals surface area contributed by atoms with Crippen LogP contribution in [0.25, 0.3) is 0 Å². The van der Waals surface area contributed by atoms with Crippen molar-refractivity contribution >= 4 is 21.8 Å². The minimum atomic E-state index is -0.149. The second-order valence-electron chi connectivity index (χ2n) is 5.45. The molecule has 1 fully saturated rings. The summed E-state index contributed by atoms with van der Waals surface area (Å²) in [6, 6.07) is 8.09. The zero-order chi connectivity index (χ0) is 13.8. The van der Waals surface area contributed by atoms with Gasteiger partial charge in [-0.2, -0.15) is 0 Å². The van der Waals surface area contributed by atoms with Crippen LogP contribution >= 0.6 is 15.9 Å². The second-order valence-corrected chi connectivity index (χ2v) is 6.37. The maximum atomic E-state index is 11.8. The van der Waals surface area contributed by atoms with Gasteiger partial charge in [-0.1, -0.05) is 35.0 Å². The number of aliphatic hydroxyl groups is 1. The Morgan fingerprint density at radius 3 is 2.63 bits per heavy atom. The first-order chi connectivity index (χ1) is 9.04. The highest BCUT2D eigenvalue weighted by atomic mass is 79.9. The smallest absolute Gasteiger partial charge is 0.220 e. The number of rotatable bonds is 5. The topological polar surface area (TPSA) is 49.3 Å². The molecule has 1 aromatic carbocycles. The summed E-state index contributed by atoms with van der Waals surface area (Å²) in [6.07, 6.45) is 2.01. The average Bonchev–Trinajstić information content (AvgIpc) is 2.34. The Morgan fingerprint density at radius 2 is 2.05 bits per heavy atom. The van der Waals surface area contributed by atoms with Gasteiger partial charge in [0.1, 0.15) is 0 Å². The minimum Gasteiger partial charge on any atom is -0.393 e. The molecule has 1 saturated carbocycles. The standard InChI is InChI=1S/C15H20BrNO2/c1-10(12-2-4-13(16)5-3-12)6-15(19)17-9-11-7-14(18)8-11/h2-5,10-11,14,18H,6-9H2,1H3,(H,17,19). The molecule has 1 aliphatic carbocycles. The third kappa shape index (κ3) is 4.32. The van der Waals surface area contributed by atoms with Gasteiger partial charge in [0.2, 0.25) is 5.91 Å². The van der Waals surface area contributed by atoms with Crippen molar-refractivity contribution in [2.24, 2.45) is 5.92 Å².